The monoisotopic (exact) mass is 444 g/mol. The van der Waals surface area contributed by atoms with Gasteiger partial charge in [0.2, 0.25) is 10.0 Å². The summed E-state index contributed by atoms with van der Waals surface area (Å²) in [5.74, 6) is 1.27. The minimum Gasteiger partial charge on any atom is -0.486 e. The number of nitrogens with zero attached hydrogens (tertiary/aromatic N) is 2. The van der Waals surface area contributed by atoms with Crippen molar-refractivity contribution < 1.29 is 22.7 Å². The zero-order chi connectivity index (χ0) is 22.3. The van der Waals surface area contributed by atoms with Crippen molar-refractivity contribution in [2.75, 3.05) is 33.9 Å². The first-order chi connectivity index (χ1) is 14.7. The second-order valence-electron chi connectivity index (χ2n) is 8.26. The van der Waals surface area contributed by atoms with Crippen LogP contribution in [0.3, 0.4) is 0 Å². The van der Waals surface area contributed by atoms with Gasteiger partial charge >= 0.3 is 0 Å². The fraction of sp³-hybridized carbons (Fsp3) is 0.435. The summed E-state index contributed by atoms with van der Waals surface area (Å²) >= 11 is 0. The average Bonchev–Trinajstić information content (AvgIpc) is 3.24. The molecule has 2 aliphatic heterocycles. The molecule has 0 radical (unpaired) electrons. The smallest absolute Gasteiger partial charge is 0.254 e. The van der Waals surface area contributed by atoms with Crippen LogP contribution in [0.5, 0.6) is 11.5 Å². The number of ether oxygens (including phenoxy) is 2. The van der Waals surface area contributed by atoms with Crippen molar-refractivity contribution >= 4 is 15.9 Å². The molecule has 0 saturated carbocycles. The molecule has 2 aliphatic rings. The Labute approximate surface area is 183 Å². The van der Waals surface area contributed by atoms with Crippen LogP contribution in [-0.4, -0.2) is 57.4 Å². The van der Waals surface area contributed by atoms with E-state index in [1.54, 1.807) is 13.0 Å². The van der Waals surface area contributed by atoms with Crippen LogP contribution in [0, 0.1) is 13.8 Å². The molecule has 1 atom stereocenters. The summed E-state index contributed by atoms with van der Waals surface area (Å²) in [7, 11) is -0.659. The molecule has 1 fully saturated rings. The van der Waals surface area contributed by atoms with Gasteiger partial charge in [-0.3, -0.25) is 4.79 Å². The number of sulfonamides is 1. The van der Waals surface area contributed by atoms with Crippen LogP contribution in [0.25, 0.3) is 0 Å². The van der Waals surface area contributed by atoms with Gasteiger partial charge in [-0.1, -0.05) is 6.07 Å². The van der Waals surface area contributed by atoms with Crippen LogP contribution in [0.1, 0.15) is 45.9 Å². The maximum atomic E-state index is 13.5. The Morgan fingerprint density at radius 2 is 1.77 bits per heavy atom. The van der Waals surface area contributed by atoms with Crippen molar-refractivity contribution in [2.45, 2.75) is 37.6 Å². The summed E-state index contributed by atoms with van der Waals surface area (Å²) < 4.78 is 38.1. The first-order valence-corrected chi connectivity index (χ1v) is 11.9. The highest BCUT2D eigenvalue weighted by Crippen LogP contribution is 2.39. The quantitative estimate of drug-likeness (QED) is 0.723. The van der Waals surface area contributed by atoms with E-state index in [0.717, 1.165) is 29.7 Å². The molecule has 1 saturated heterocycles. The Hall–Kier alpha value is -2.58. The molecule has 2 heterocycles. The van der Waals surface area contributed by atoms with E-state index in [9.17, 15) is 13.2 Å². The van der Waals surface area contributed by atoms with E-state index >= 15 is 0 Å². The highest BCUT2D eigenvalue weighted by Gasteiger charge is 2.33. The van der Waals surface area contributed by atoms with E-state index in [4.69, 9.17) is 9.47 Å². The van der Waals surface area contributed by atoms with E-state index in [1.807, 2.05) is 30.0 Å². The van der Waals surface area contributed by atoms with Crippen LogP contribution in [-0.2, 0) is 10.0 Å². The van der Waals surface area contributed by atoms with E-state index in [1.165, 1.54) is 24.5 Å². The summed E-state index contributed by atoms with van der Waals surface area (Å²) in [5, 5.41) is 0. The number of hydrogen-bond donors (Lipinski definition) is 0. The molecule has 2 aromatic rings. The van der Waals surface area contributed by atoms with Crippen LogP contribution in [0.2, 0.25) is 0 Å². The molecule has 8 heteroatoms. The van der Waals surface area contributed by atoms with Crippen LogP contribution in [0.15, 0.2) is 35.2 Å². The van der Waals surface area contributed by atoms with Crippen molar-refractivity contribution in [3.63, 3.8) is 0 Å². The maximum Gasteiger partial charge on any atom is 0.254 e. The summed E-state index contributed by atoms with van der Waals surface area (Å²) in [6.07, 6.45) is 1.73. The summed E-state index contributed by atoms with van der Waals surface area (Å²) in [5.41, 5.74) is 2.84. The van der Waals surface area contributed by atoms with Gasteiger partial charge < -0.3 is 14.4 Å². The van der Waals surface area contributed by atoms with Crippen molar-refractivity contribution in [3.05, 3.63) is 52.6 Å². The van der Waals surface area contributed by atoms with Crippen molar-refractivity contribution in [2.24, 2.45) is 0 Å². The van der Waals surface area contributed by atoms with Gasteiger partial charge in [0.15, 0.2) is 11.5 Å². The van der Waals surface area contributed by atoms with Gasteiger partial charge in [-0.2, -0.15) is 0 Å². The Morgan fingerprint density at radius 1 is 1.06 bits per heavy atom. The topological polar surface area (TPSA) is 76.1 Å². The molecule has 0 bridgehead atoms. The average molecular weight is 445 g/mol. The van der Waals surface area contributed by atoms with Gasteiger partial charge in [0.05, 0.1) is 10.9 Å². The van der Waals surface area contributed by atoms with Gasteiger partial charge in [0, 0.05) is 26.2 Å². The molecule has 2 aromatic carbocycles. The highest BCUT2D eigenvalue weighted by atomic mass is 32.2. The van der Waals surface area contributed by atoms with E-state index < -0.39 is 10.0 Å². The Balaban J connectivity index is 1.68. The molecule has 0 N–H and O–H groups in total. The summed E-state index contributed by atoms with van der Waals surface area (Å²) in [6, 6.07) is 9.03. The number of amides is 1. The largest absolute Gasteiger partial charge is 0.486 e. The Bertz CT molecular complexity index is 1130. The molecular weight excluding hydrogens is 416 g/mol. The van der Waals surface area contributed by atoms with Crippen LogP contribution in [0.4, 0.5) is 0 Å². The third-order valence-electron chi connectivity index (χ3n) is 6.09. The van der Waals surface area contributed by atoms with Gasteiger partial charge in [-0.05, 0) is 67.6 Å². The molecule has 166 valence electrons. The Kier molecular flexibility index (Phi) is 5.70. The number of aryl methyl sites for hydroxylation is 1. The third-order valence-corrected chi connectivity index (χ3v) is 8.03. The second-order valence-corrected chi connectivity index (χ2v) is 10.4. The van der Waals surface area contributed by atoms with E-state index in [-0.39, 0.29) is 16.8 Å². The van der Waals surface area contributed by atoms with Crippen LogP contribution >= 0.6 is 0 Å². The number of carbonyl (C=O) groups is 1. The first-order valence-electron chi connectivity index (χ1n) is 10.4. The van der Waals surface area contributed by atoms with Gasteiger partial charge in [-0.15, -0.1) is 0 Å². The third kappa shape index (κ3) is 3.90. The fourth-order valence-electron chi connectivity index (χ4n) is 4.20. The summed E-state index contributed by atoms with van der Waals surface area (Å²) in [6.45, 7) is 5.28. The minimum atomic E-state index is -3.65. The van der Waals surface area contributed by atoms with E-state index in [2.05, 4.69) is 0 Å². The number of carbonyl (C=O) groups excluding carboxylic acids is 1. The highest BCUT2D eigenvalue weighted by molar-refractivity contribution is 7.89. The first kappa shape index (κ1) is 21.6. The molecule has 0 aliphatic carbocycles. The molecule has 1 unspecified atom stereocenters. The standard InChI is InChI=1S/C23H28N2O5S/c1-15-12-18(14-22(16(15)2)31(27,28)24(3)4)23(26)25-9-5-6-19(25)17-7-8-20-21(13-17)30-11-10-29-20/h7-8,12-14,19H,5-6,9-11H2,1-4H3. The number of fused-ring (bicyclic) bond motifs is 1. The van der Waals surface area contributed by atoms with Crippen molar-refractivity contribution in [3.8, 4) is 11.5 Å². The number of benzene rings is 2. The lowest BCUT2D eigenvalue weighted by atomic mass is 10.0. The lowest BCUT2D eigenvalue weighted by Crippen LogP contribution is -2.31. The predicted octanol–water partition coefficient (Wildman–Crippen LogP) is 3.30. The van der Waals surface area contributed by atoms with Gasteiger partial charge in [0.1, 0.15) is 13.2 Å². The van der Waals surface area contributed by atoms with Crippen LogP contribution < -0.4 is 9.47 Å². The number of hydrogen-bond acceptors (Lipinski definition) is 5. The Morgan fingerprint density at radius 3 is 2.48 bits per heavy atom. The minimum absolute atomic E-state index is 0.0844. The fourth-order valence-corrected chi connectivity index (χ4v) is 5.42. The SMILES string of the molecule is Cc1cc(C(=O)N2CCCC2c2ccc3c(c2)OCCO3)cc(S(=O)(=O)N(C)C)c1C. The molecular formula is C23H28N2O5S. The molecule has 7 nitrogen and oxygen atoms in total. The van der Waals surface area contributed by atoms with Crippen molar-refractivity contribution in [1.82, 2.24) is 9.21 Å². The molecule has 0 spiro atoms. The zero-order valence-electron chi connectivity index (χ0n) is 18.3. The molecule has 4 rings (SSSR count). The van der Waals surface area contributed by atoms with Gasteiger partial charge in [-0.25, -0.2) is 12.7 Å². The predicted molar refractivity (Wildman–Crippen MR) is 117 cm³/mol. The molecule has 0 aromatic heterocycles. The summed E-state index contributed by atoms with van der Waals surface area (Å²) in [4.78, 5) is 15.5. The maximum absolute atomic E-state index is 13.5. The lowest BCUT2D eigenvalue weighted by molar-refractivity contribution is 0.0734. The number of rotatable bonds is 4. The normalized spacial score (nSPS) is 18.5. The van der Waals surface area contributed by atoms with E-state index in [0.29, 0.717) is 36.6 Å². The van der Waals surface area contributed by atoms with Crippen molar-refractivity contribution in [1.29, 1.82) is 0 Å². The van der Waals surface area contributed by atoms with Gasteiger partial charge in [0.25, 0.3) is 5.91 Å². The molecule has 1 amide bonds. The second kappa shape index (κ2) is 8.16. The molecule has 31 heavy (non-hydrogen) atoms. The zero-order valence-corrected chi connectivity index (χ0v) is 19.2. The number of likely N-dealkylation sites (tertiary alicyclic amines) is 1. The lowest BCUT2D eigenvalue weighted by Gasteiger charge is -2.27.